The van der Waals surface area contributed by atoms with E-state index < -0.39 is 0 Å². The molecule has 0 aromatic carbocycles. The van der Waals surface area contributed by atoms with Gasteiger partial charge in [0.25, 0.3) is 0 Å². The SMILES string of the molecule is CC1CC(NCCC2CCOC2)CCN1C. The third-order valence-electron chi connectivity index (χ3n) is 4.22. The monoisotopic (exact) mass is 226 g/mol. The van der Waals surface area contributed by atoms with Gasteiger partial charge in [0.2, 0.25) is 0 Å². The fourth-order valence-corrected chi connectivity index (χ4v) is 2.78. The predicted molar refractivity (Wildman–Crippen MR) is 66.7 cm³/mol. The second kappa shape index (κ2) is 5.99. The molecule has 2 aliphatic rings. The van der Waals surface area contributed by atoms with Crippen molar-refractivity contribution in [3.63, 3.8) is 0 Å². The number of likely N-dealkylation sites (tertiary alicyclic amines) is 1. The van der Waals surface area contributed by atoms with Crippen molar-refractivity contribution in [2.24, 2.45) is 5.92 Å². The Balaban J connectivity index is 1.59. The van der Waals surface area contributed by atoms with Gasteiger partial charge in [-0.1, -0.05) is 0 Å². The van der Waals surface area contributed by atoms with Gasteiger partial charge < -0.3 is 15.0 Å². The van der Waals surface area contributed by atoms with Crippen LogP contribution >= 0.6 is 0 Å². The minimum atomic E-state index is 0.737. The van der Waals surface area contributed by atoms with Gasteiger partial charge in [0.05, 0.1) is 0 Å². The molecule has 2 aliphatic heterocycles. The minimum Gasteiger partial charge on any atom is -0.381 e. The quantitative estimate of drug-likeness (QED) is 0.786. The second-order valence-corrected chi connectivity index (χ2v) is 5.52. The topological polar surface area (TPSA) is 24.5 Å². The largest absolute Gasteiger partial charge is 0.381 e. The molecule has 0 aromatic rings. The lowest BCUT2D eigenvalue weighted by Gasteiger charge is -2.35. The summed E-state index contributed by atoms with van der Waals surface area (Å²) in [6.07, 6.45) is 5.17. The van der Waals surface area contributed by atoms with Crippen LogP contribution < -0.4 is 5.32 Å². The third kappa shape index (κ3) is 3.44. The van der Waals surface area contributed by atoms with E-state index in [9.17, 15) is 0 Å². The van der Waals surface area contributed by atoms with Crippen LogP contribution in [0.25, 0.3) is 0 Å². The lowest BCUT2D eigenvalue weighted by molar-refractivity contribution is 0.165. The maximum atomic E-state index is 5.40. The summed E-state index contributed by atoms with van der Waals surface area (Å²) < 4.78 is 5.40. The highest BCUT2D eigenvalue weighted by Gasteiger charge is 2.22. The molecule has 0 spiro atoms. The van der Waals surface area contributed by atoms with E-state index in [0.29, 0.717) is 0 Å². The molecule has 2 fully saturated rings. The first-order valence-electron chi connectivity index (χ1n) is 6.77. The molecule has 3 heteroatoms. The van der Waals surface area contributed by atoms with Crippen LogP contribution in [0.5, 0.6) is 0 Å². The van der Waals surface area contributed by atoms with Gasteiger partial charge in [-0.05, 0) is 58.7 Å². The molecular weight excluding hydrogens is 200 g/mol. The number of nitrogens with one attached hydrogen (secondary N) is 1. The van der Waals surface area contributed by atoms with Crippen LogP contribution in [-0.2, 0) is 4.74 Å². The number of nitrogens with zero attached hydrogens (tertiary/aromatic N) is 1. The summed E-state index contributed by atoms with van der Waals surface area (Å²) in [6.45, 7) is 6.72. The highest BCUT2D eigenvalue weighted by atomic mass is 16.5. The molecule has 0 bridgehead atoms. The normalized spacial score (nSPS) is 36.8. The fourth-order valence-electron chi connectivity index (χ4n) is 2.78. The molecule has 0 amide bonds. The van der Waals surface area contributed by atoms with Gasteiger partial charge in [-0.25, -0.2) is 0 Å². The maximum absolute atomic E-state index is 5.40. The lowest BCUT2D eigenvalue weighted by atomic mass is 9.98. The zero-order chi connectivity index (χ0) is 11.4. The molecule has 2 saturated heterocycles. The molecule has 0 radical (unpaired) electrons. The molecule has 0 aliphatic carbocycles. The van der Waals surface area contributed by atoms with Gasteiger partial charge in [-0.15, -0.1) is 0 Å². The van der Waals surface area contributed by atoms with E-state index in [1.807, 2.05) is 0 Å². The van der Waals surface area contributed by atoms with Crippen LogP contribution in [0.4, 0.5) is 0 Å². The summed E-state index contributed by atoms with van der Waals surface area (Å²) in [4.78, 5) is 2.46. The van der Waals surface area contributed by atoms with Crippen molar-refractivity contribution in [2.45, 2.75) is 44.7 Å². The molecule has 94 valence electrons. The van der Waals surface area contributed by atoms with E-state index in [4.69, 9.17) is 4.74 Å². The van der Waals surface area contributed by atoms with Gasteiger partial charge in [0.15, 0.2) is 0 Å². The van der Waals surface area contributed by atoms with Crippen LogP contribution in [0.2, 0.25) is 0 Å². The van der Waals surface area contributed by atoms with E-state index in [0.717, 1.165) is 31.2 Å². The molecular formula is C13H26N2O. The third-order valence-corrected chi connectivity index (χ3v) is 4.22. The zero-order valence-corrected chi connectivity index (χ0v) is 10.7. The first-order chi connectivity index (χ1) is 7.75. The molecule has 16 heavy (non-hydrogen) atoms. The molecule has 1 N–H and O–H groups in total. The Morgan fingerprint density at radius 3 is 2.94 bits per heavy atom. The smallest absolute Gasteiger partial charge is 0.0495 e. The van der Waals surface area contributed by atoms with Gasteiger partial charge in [-0.2, -0.15) is 0 Å². The van der Waals surface area contributed by atoms with Crippen LogP contribution in [0.3, 0.4) is 0 Å². The first-order valence-corrected chi connectivity index (χ1v) is 6.77. The van der Waals surface area contributed by atoms with Crippen LogP contribution in [-0.4, -0.2) is 50.3 Å². The fraction of sp³-hybridized carbons (Fsp3) is 1.00. The molecule has 0 aromatic heterocycles. The van der Waals surface area contributed by atoms with Crippen molar-refractivity contribution >= 4 is 0 Å². The summed E-state index contributed by atoms with van der Waals surface area (Å²) in [5, 5.41) is 3.72. The molecule has 3 unspecified atom stereocenters. The molecule has 3 nitrogen and oxygen atoms in total. The van der Waals surface area contributed by atoms with Crippen LogP contribution in [0, 0.1) is 5.92 Å². The van der Waals surface area contributed by atoms with E-state index in [-0.39, 0.29) is 0 Å². The number of hydrogen-bond donors (Lipinski definition) is 1. The Bertz CT molecular complexity index is 204. The number of rotatable bonds is 4. The summed E-state index contributed by atoms with van der Waals surface area (Å²) >= 11 is 0. The molecule has 3 atom stereocenters. The van der Waals surface area contributed by atoms with Gasteiger partial charge in [-0.3, -0.25) is 0 Å². The number of ether oxygens (including phenoxy) is 1. The second-order valence-electron chi connectivity index (χ2n) is 5.52. The van der Waals surface area contributed by atoms with E-state index in [1.165, 1.54) is 38.8 Å². The summed E-state index contributed by atoms with van der Waals surface area (Å²) in [5.74, 6) is 0.816. The highest BCUT2D eigenvalue weighted by molar-refractivity contribution is 4.81. The predicted octanol–water partition coefficient (Wildman–Crippen LogP) is 1.49. The molecule has 2 heterocycles. The Morgan fingerprint density at radius 1 is 1.38 bits per heavy atom. The van der Waals surface area contributed by atoms with E-state index >= 15 is 0 Å². The van der Waals surface area contributed by atoms with E-state index in [2.05, 4.69) is 24.2 Å². The zero-order valence-electron chi connectivity index (χ0n) is 10.7. The van der Waals surface area contributed by atoms with Gasteiger partial charge in [0, 0.05) is 25.3 Å². The summed E-state index contributed by atoms with van der Waals surface area (Å²) in [7, 11) is 2.23. The molecule has 2 rings (SSSR count). The summed E-state index contributed by atoms with van der Waals surface area (Å²) in [6, 6.07) is 1.48. The minimum absolute atomic E-state index is 0.737. The number of piperidine rings is 1. The average molecular weight is 226 g/mol. The van der Waals surface area contributed by atoms with Crippen LogP contribution in [0.15, 0.2) is 0 Å². The van der Waals surface area contributed by atoms with Crippen molar-refractivity contribution in [3.05, 3.63) is 0 Å². The molecule has 0 saturated carbocycles. The van der Waals surface area contributed by atoms with Crippen LogP contribution in [0.1, 0.15) is 32.6 Å². The van der Waals surface area contributed by atoms with Crippen molar-refractivity contribution in [1.29, 1.82) is 0 Å². The Labute approximate surface area is 99.5 Å². The Hall–Kier alpha value is -0.120. The van der Waals surface area contributed by atoms with Crippen molar-refractivity contribution < 1.29 is 4.74 Å². The van der Waals surface area contributed by atoms with Crippen molar-refractivity contribution in [3.8, 4) is 0 Å². The maximum Gasteiger partial charge on any atom is 0.0495 e. The average Bonchev–Trinajstić information content (AvgIpc) is 2.76. The lowest BCUT2D eigenvalue weighted by Crippen LogP contribution is -2.45. The standard InChI is InChI=1S/C13H26N2O/c1-11-9-13(4-7-15(11)2)14-6-3-12-5-8-16-10-12/h11-14H,3-10H2,1-2H3. The first kappa shape index (κ1) is 12.3. The Kier molecular flexibility index (Phi) is 4.62. The van der Waals surface area contributed by atoms with Crippen molar-refractivity contribution in [2.75, 3.05) is 33.4 Å². The highest BCUT2D eigenvalue weighted by Crippen LogP contribution is 2.17. The number of hydrogen-bond acceptors (Lipinski definition) is 3. The Morgan fingerprint density at radius 2 is 2.25 bits per heavy atom. The van der Waals surface area contributed by atoms with Gasteiger partial charge in [0.1, 0.15) is 0 Å². The van der Waals surface area contributed by atoms with E-state index in [1.54, 1.807) is 0 Å². The van der Waals surface area contributed by atoms with Crippen molar-refractivity contribution in [1.82, 2.24) is 10.2 Å². The summed E-state index contributed by atoms with van der Waals surface area (Å²) in [5.41, 5.74) is 0. The van der Waals surface area contributed by atoms with Gasteiger partial charge >= 0.3 is 0 Å².